The summed E-state index contributed by atoms with van der Waals surface area (Å²) in [6.07, 6.45) is 16.6. The van der Waals surface area contributed by atoms with Crippen LogP contribution in [-0.2, 0) is 27.4 Å². The normalized spacial score (nSPS) is 26.5. The fourth-order valence-corrected chi connectivity index (χ4v) is 12.6. The third kappa shape index (κ3) is 28.1. The molecule has 0 bridgehead atoms. The molecule has 0 spiro atoms. The molecule has 4 aliphatic rings. The van der Waals surface area contributed by atoms with E-state index < -0.39 is 16.8 Å². The predicted molar refractivity (Wildman–Crippen MR) is 333 cm³/mol. The van der Waals surface area contributed by atoms with Gasteiger partial charge in [0.2, 0.25) is 0 Å². The lowest BCUT2D eigenvalue weighted by Gasteiger charge is -2.42. The smallest absolute Gasteiger partial charge is 0.410 e. The second-order valence-corrected chi connectivity index (χ2v) is 28.2. The number of carbonyl (C=O) groups is 3. The molecule has 12 atom stereocenters. The molecular formula is C64H113BrN8O9. The Morgan fingerprint density at radius 2 is 0.915 bits per heavy atom. The van der Waals surface area contributed by atoms with Crippen molar-refractivity contribution in [2.45, 2.75) is 269 Å². The molecular weight excluding hydrogens is 1100 g/mol. The molecule has 3 aromatic rings. The maximum atomic E-state index is 12.4. The van der Waals surface area contributed by atoms with Gasteiger partial charge in [0.05, 0.1) is 19.0 Å². The van der Waals surface area contributed by atoms with Gasteiger partial charge in [-0.1, -0.05) is 29.8 Å². The van der Waals surface area contributed by atoms with Crippen LogP contribution in [0.1, 0.15) is 204 Å². The summed E-state index contributed by atoms with van der Waals surface area (Å²) in [5.41, 5.74) is 3.91. The molecule has 1 aliphatic carbocycles. The Morgan fingerprint density at radius 1 is 0.549 bits per heavy atom. The number of rotatable bonds is 6. The second kappa shape index (κ2) is 34.6. The van der Waals surface area contributed by atoms with Crippen molar-refractivity contribution in [3.05, 3.63) is 65.0 Å². The molecule has 3 saturated heterocycles. The van der Waals surface area contributed by atoms with Gasteiger partial charge >= 0.3 is 18.3 Å². The molecule has 3 aliphatic heterocycles. The van der Waals surface area contributed by atoms with Crippen LogP contribution in [0.2, 0.25) is 0 Å². The minimum absolute atomic E-state index is 0.101. The quantitative estimate of drug-likeness (QED) is 0.134. The Bertz CT molecular complexity index is 2170. The number of likely N-dealkylation sites (tertiary alicyclic amines) is 3. The largest absolute Gasteiger partial charge is 0.444 e. The molecule has 17 nitrogen and oxygen atoms in total. The fourth-order valence-electron chi connectivity index (χ4n) is 12.0. The number of ether oxygens (including phenoxy) is 3. The van der Waals surface area contributed by atoms with Crippen LogP contribution in [0.25, 0.3) is 0 Å². The number of aliphatic hydroxyl groups excluding tert-OH is 3. The zero-order chi connectivity index (χ0) is 62.4. The summed E-state index contributed by atoms with van der Waals surface area (Å²) in [7, 11) is 0. The Morgan fingerprint density at radius 3 is 1.20 bits per heavy atom. The first-order valence-electron chi connectivity index (χ1n) is 30.3. The van der Waals surface area contributed by atoms with Crippen molar-refractivity contribution in [1.82, 2.24) is 39.7 Å². The monoisotopic (exact) mass is 1220 g/mol. The Hall–Kier alpha value is -4.26. The first kappa shape index (κ1) is 73.8. The van der Waals surface area contributed by atoms with E-state index in [4.69, 9.17) is 24.4 Å². The molecule has 7 rings (SSSR count). The number of nitrogens with one attached hydrogen (secondary N) is 1. The number of alkyl halides is 1. The number of carbonyl (C=O) groups excluding carboxylic acids is 3. The Kier molecular flexibility index (Phi) is 31.2. The van der Waals surface area contributed by atoms with Crippen LogP contribution < -0.4 is 0 Å². The van der Waals surface area contributed by atoms with Gasteiger partial charge in [0.25, 0.3) is 0 Å². The molecule has 4 unspecified atom stereocenters. The topological polar surface area (TPSA) is 209 Å². The van der Waals surface area contributed by atoms with Gasteiger partial charge in [-0.15, -0.1) is 0 Å². The van der Waals surface area contributed by atoms with Gasteiger partial charge in [0.15, 0.2) is 0 Å². The van der Waals surface area contributed by atoms with E-state index >= 15 is 0 Å². The highest BCUT2D eigenvalue weighted by molar-refractivity contribution is 9.09. The molecule has 3 aromatic heterocycles. The van der Waals surface area contributed by atoms with E-state index in [9.17, 15) is 19.5 Å². The Balaban J connectivity index is 0.000000349. The van der Waals surface area contributed by atoms with Gasteiger partial charge in [-0.2, -0.15) is 10.2 Å². The summed E-state index contributed by atoms with van der Waals surface area (Å²) in [4.78, 5) is 46.3. The molecule has 1 saturated carbocycles. The summed E-state index contributed by atoms with van der Waals surface area (Å²) >= 11 is 3.54. The average Bonchev–Trinajstić information content (AvgIpc) is 3.99. The van der Waals surface area contributed by atoms with Crippen molar-refractivity contribution in [2.75, 3.05) is 18.5 Å². The van der Waals surface area contributed by atoms with E-state index in [1.54, 1.807) is 11.1 Å². The SMILES string of the molecule is C[C@@H]1CC(CBr)C[C@H](C)N1C(=O)OC(C)(C)C.C[C@@H]1CC(CO)C[C@H](C)C1.C[C@@H]1CC(CO)C[C@H](C)N1C(=O)OC(C)(C)C.Cc1cc(CO)cc(C)n1.Cc1cn[nH]c1.Cc1cnn(CC2C[C@@H](C)N(C(=O)OC(C)(C)C)[C@@H](C)C2)c1. The number of halogens is 1. The molecule has 470 valence electrons. The maximum absolute atomic E-state index is 12.4. The van der Waals surface area contributed by atoms with Crippen molar-refractivity contribution in [2.24, 2.45) is 35.5 Å². The number of aromatic amines is 1. The highest BCUT2D eigenvalue weighted by Gasteiger charge is 2.39. The zero-order valence-corrected chi connectivity index (χ0v) is 56.2. The number of piperidine rings is 3. The number of pyridine rings is 1. The van der Waals surface area contributed by atoms with Crippen LogP contribution in [0.15, 0.2) is 36.9 Å². The zero-order valence-electron chi connectivity index (χ0n) is 54.6. The molecule has 82 heavy (non-hydrogen) atoms. The van der Waals surface area contributed by atoms with Gasteiger partial charge in [0.1, 0.15) is 16.8 Å². The van der Waals surface area contributed by atoms with Crippen molar-refractivity contribution >= 4 is 34.2 Å². The molecule has 4 fully saturated rings. The van der Waals surface area contributed by atoms with Gasteiger partial charge < -0.3 is 44.2 Å². The van der Waals surface area contributed by atoms with Crippen LogP contribution in [-0.4, -0.2) is 145 Å². The minimum atomic E-state index is -0.454. The van der Waals surface area contributed by atoms with Gasteiger partial charge in [-0.05, 0) is 254 Å². The fraction of sp³-hybridized carbons (Fsp3) is 0.781. The van der Waals surface area contributed by atoms with E-state index in [1.165, 1.54) is 30.4 Å². The van der Waals surface area contributed by atoms with Crippen molar-refractivity contribution < 1.29 is 43.9 Å². The summed E-state index contributed by atoms with van der Waals surface area (Å²) < 4.78 is 18.4. The molecule has 3 amide bonds. The number of amides is 3. The summed E-state index contributed by atoms with van der Waals surface area (Å²) in [5, 5.41) is 38.7. The molecule has 0 radical (unpaired) electrons. The van der Waals surface area contributed by atoms with E-state index in [-0.39, 0.29) is 67.7 Å². The summed E-state index contributed by atoms with van der Waals surface area (Å²) in [5.74, 6) is 3.78. The number of nitrogens with zero attached hydrogens (tertiary/aromatic N) is 7. The number of aliphatic hydroxyl groups is 3. The van der Waals surface area contributed by atoms with Crippen molar-refractivity contribution in [1.29, 1.82) is 0 Å². The number of hydrogen-bond donors (Lipinski definition) is 4. The first-order valence-corrected chi connectivity index (χ1v) is 31.4. The van der Waals surface area contributed by atoms with Crippen molar-refractivity contribution in [3.8, 4) is 0 Å². The standard InChI is InChI=1S/C17H29N3O2.C13H24BrNO2.C13H25NO3.C9H18O.C8H11NO.C4H6N2/c1-12-9-18-19(10-12)11-15-7-13(2)20(14(3)8-15)16(21)22-17(4,5)6;1-9-6-11(8-14)7-10(2)15(9)12(16)17-13(3,4)5;1-9-6-11(8-15)7-10(2)14(9)12(16)17-13(3,4)5;1-7-3-8(2)5-9(4-7)6-10;1-6-3-8(5-10)4-7(2)9-6;1-4-2-5-6-3-4/h9-10,13-15H,7-8,11H2,1-6H3;9-11H,6-8H2,1-5H3;9-11,15H,6-8H2,1-5H3;7-10H,3-6H2,1-2H3;3-4,10H,5H2,1-2H3;2-3H,1H3,(H,5,6)/t13-,14+,15?;2*9-,10+,11?;7-,8+,9?;;. The third-order valence-corrected chi connectivity index (χ3v) is 15.8. The molecule has 18 heteroatoms. The van der Waals surface area contributed by atoms with Gasteiger partial charge in [-0.3, -0.25) is 14.8 Å². The van der Waals surface area contributed by atoms with Gasteiger partial charge in [0, 0.05) is 85.1 Å². The number of H-pyrrole nitrogens is 1. The van der Waals surface area contributed by atoms with E-state index in [2.05, 4.69) is 90.9 Å². The summed E-state index contributed by atoms with van der Waals surface area (Å²) in [6.45, 7) is 43.6. The third-order valence-electron chi connectivity index (χ3n) is 14.9. The highest BCUT2D eigenvalue weighted by atomic mass is 79.9. The number of aryl methyl sites for hydroxylation is 4. The lowest BCUT2D eigenvalue weighted by Crippen LogP contribution is -2.51. The van der Waals surface area contributed by atoms with E-state index in [0.717, 1.165) is 79.2 Å². The number of hydrogen-bond acceptors (Lipinski definition) is 12. The van der Waals surface area contributed by atoms with Crippen LogP contribution in [0.5, 0.6) is 0 Å². The molecule has 6 heterocycles. The molecule has 0 aromatic carbocycles. The van der Waals surface area contributed by atoms with Crippen LogP contribution in [0.3, 0.4) is 0 Å². The highest BCUT2D eigenvalue weighted by Crippen LogP contribution is 2.34. The first-order chi connectivity index (χ1) is 38.0. The lowest BCUT2D eigenvalue weighted by molar-refractivity contribution is -0.0123. The molecule has 4 N–H and O–H groups in total. The Labute approximate surface area is 503 Å². The average molecular weight is 1220 g/mol. The van der Waals surface area contributed by atoms with Gasteiger partial charge in [-0.25, -0.2) is 14.4 Å². The second-order valence-electron chi connectivity index (χ2n) is 27.5. The summed E-state index contributed by atoms with van der Waals surface area (Å²) in [6, 6.07) is 4.93. The maximum Gasteiger partial charge on any atom is 0.410 e. The lowest BCUT2D eigenvalue weighted by atomic mass is 9.77. The van der Waals surface area contributed by atoms with E-state index in [1.807, 2.05) is 136 Å². The van der Waals surface area contributed by atoms with E-state index in [0.29, 0.717) is 30.3 Å². The predicted octanol–water partition coefficient (Wildman–Crippen LogP) is 13.8. The van der Waals surface area contributed by atoms with Crippen LogP contribution >= 0.6 is 15.9 Å². The van der Waals surface area contributed by atoms with Crippen LogP contribution in [0, 0.1) is 63.2 Å². The number of aromatic nitrogens is 5. The van der Waals surface area contributed by atoms with Crippen LogP contribution in [0.4, 0.5) is 14.4 Å². The van der Waals surface area contributed by atoms with Crippen molar-refractivity contribution in [3.63, 3.8) is 0 Å². The minimum Gasteiger partial charge on any atom is -0.444 e.